The van der Waals surface area contributed by atoms with E-state index in [0.29, 0.717) is 11.3 Å². The molecule has 0 N–H and O–H groups in total. The highest BCUT2D eigenvalue weighted by Crippen LogP contribution is 2.39. The Balaban J connectivity index is 1.72. The summed E-state index contributed by atoms with van der Waals surface area (Å²) in [6, 6.07) is 11.9. The van der Waals surface area contributed by atoms with Gasteiger partial charge in [-0.25, -0.2) is 0 Å². The second kappa shape index (κ2) is 6.34. The average Bonchev–Trinajstić information content (AvgIpc) is 3.35. The number of fused-ring (bicyclic) bond motifs is 2. The average molecular weight is 373 g/mol. The lowest BCUT2D eigenvalue weighted by Crippen LogP contribution is -2.00. The first kappa shape index (κ1) is 16.7. The quantitative estimate of drug-likeness (QED) is 0.493. The van der Waals surface area contributed by atoms with E-state index in [1.54, 1.807) is 0 Å². The summed E-state index contributed by atoms with van der Waals surface area (Å²) >= 11 is 0. The molecule has 3 aromatic heterocycles. The number of ether oxygens (including phenoxy) is 1. The number of carbonyl (C=O) groups excluding carboxylic acids is 1. The van der Waals surface area contributed by atoms with E-state index in [0.717, 1.165) is 53.0 Å². The van der Waals surface area contributed by atoms with Crippen molar-refractivity contribution in [3.63, 3.8) is 0 Å². The molecular formula is C22H19N3O3. The molecule has 1 aliphatic heterocycles. The third-order valence-electron chi connectivity index (χ3n) is 5.05. The fourth-order valence-corrected chi connectivity index (χ4v) is 3.88. The molecule has 6 nitrogen and oxygen atoms in total. The molecule has 0 bridgehead atoms. The highest BCUT2D eigenvalue weighted by molar-refractivity contribution is 5.93. The van der Waals surface area contributed by atoms with Gasteiger partial charge < -0.3 is 9.15 Å². The van der Waals surface area contributed by atoms with Crippen molar-refractivity contribution in [3.8, 4) is 28.3 Å². The van der Waals surface area contributed by atoms with Crippen LogP contribution in [0.3, 0.4) is 0 Å². The maximum Gasteiger partial charge on any atom is 0.308 e. The summed E-state index contributed by atoms with van der Waals surface area (Å²) in [4.78, 5) is 16.1. The fourth-order valence-electron chi connectivity index (χ4n) is 3.88. The molecule has 5 rings (SSSR count). The Bertz CT molecular complexity index is 1220. The minimum Gasteiger partial charge on any atom is -0.460 e. The molecule has 1 aliphatic rings. The molecule has 4 heterocycles. The molecule has 0 atom stereocenters. The summed E-state index contributed by atoms with van der Waals surface area (Å²) in [7, 11) is 0. The largest absolute Gasteiger partial charge is 0.460 e. The number of aromatic nitrogens is 3. The molecule has 0 aliphatic carbocycles. The van der Waals surface area contributed by atoms with Gasteiger partial charge in [-0.2, -0.15) is 5.10 Å². The number of esters is 1. The smallest absolute Gasteiger partial charge is 0.308 e. The highest BCUT2D eigenvalue weighted by atomic mass is 16.5. The fraction of sp³-hybridized carbons (Fsp3) is 0.227. The van der Waals surface area contributed by atoms with Crippen molar-refractivity contribution in [2.24, 2.45) is 0 Å². The minimum atomic E-state index is -0.371. The summed E-state index contributed by atoms with van der Waals surface area (Å²) in [5, 5.41) is 5.63. The van der Waals surface area contributed by atoms with Crippen LogP contribution in [0.4, 0.5) is 0 Å². The Morgan fingerprint density at radius 1 is 1.25 bits per heavy atom. The molecule has 4 aromatic rings. The van der Waals surface area contributed by atoms with E-state index >= 15 is 0 Å². The van der Waals surface area contributed by atoms with Crippen LogP contribution in [0.15, 0.2) is 47.1 Å². The van der Waals surface area contributed by atoms with E-state index < -0.39 is 0 Å². The predicted octanol–water partition coefficient (Wildman–Crippen LogP) is 4.54. The number of rotatable bonds is 3. The Kier molecular flexibility index (Phi) is 3.79. The van der Waals surface area contributed by atoms with Crippen LogP contribution in [0.25, 0.3) is 33.5 Å². The Hall–Kier alpha value is -3.41. The van der Waals surface area contributed by atoms with Gasteiger partial charge in [-0.1, -0.05) is 12.1 Å². The second-order valence-electron chi connectivity index (χ2n) is 7.07. The maximum atomic E-state index is 11.4. The van der Waals surface area contributed by atoms with Gasteiger partial charge in [0.05, 0.1) is 11.1 Å². The van der Waals surface area contributed by atoms with Crippen LogP contribution >= 0.6 is 0 Å². The zero-order valence-electron chi connectivity index (χ0n) is 15.7. The topological polar surface area (TPSA) is 70.2 Å². The van der Waals surface area contributed by atoms with Crippen molar-refractivity contribution in [2.75, 3.05) is 0 Å². The van der Waals surface area contributed by atoms with Gasteiger partial charge in [0.1, 0.15) is 17.5 Å². The van der Waals surface area contributed by atoms with E-state index in [1.807, 2.05) is 43.3 Å². The molecule has 140 valence electrons. The number of benzene rings is 1. The molecule has 0 radical (unpaired) electrons. The van der Waals surface area contributed by atoms with Crippen LogP contribution in [0, 0.1) is 6.92 Å². The predicted molar refractivity (Wildman–Crippen MR) is 105 cm³/mol. The summed E-state index contributed by atoms with van der Waals surface area (Å²) in [5.41, 5.74) is 6.71. The number of pyridine rings is 1. The Morgan fingerprint density at radius 2 is 2.14 bits per heavy atom. The standard InChI is InChI=1S/C22H19N3O3/c1-13-5-3-6-17(23-13)22-21(18-7-4-10-25(18)24-22)15-8-9-19-16(11-15)20(12-27-19)28-14(2)26/h3,5-6,8-9,11-12H,4,7,10H2,1-2H3. The number of hydrogen-bond acceptors (Lipinski definition) is 5. The number of aryl methyl sites for hydroxylation is 2. The third kappa shape index (κ3) is 2.69. The van der Waals surface area contributed by atoms with E-state index in [4.69, 9.17) is 14.3 Å². The highest BCUT2D eigenvalue weighted by Gasteiger charge is 2.25. The number of hydrogen-bond donors (Lipinski definition) is 0. The molecule has 0 saturated carbocycles. The van der Waals surface area contributed by atoms with Crippen molar-refractivity contribution in [2.45, 2.75) is 33.2 Å². The van der Waals surface area contributed by atoms with E-state index in [2.05, 4.69) is 9.67 Å². The van der Waals surface area contributed by atoms with Crippen molar-refractivity contribution >= 4 is 16.9 Å². The normalized spacial score (nSPS) is 13.1. The van der Waals surface area contributed by atoms with Gasteiger partial charge in [-0.15, -0.1) is 0 Å². The van der Waals surface area contributed by atoms with Crippen LogP contribution in [0.2, 0.25) is 0 Å². The lowest BCUT2D eigenvalue weighted by atomic mass is 9.98. The molecule has 0 spiro atoms. The van der Waals surface area contributed by atoms with Gasteiger partial charge in [-0.05, 0) is 49.6 Å². The first-order valence-corrected chi connectivity index (χ1v) is 9.34. The zero-order chi connectivity index (χ0) is 19.3. The van der Waals surface area contributed by atoms with Crippen LogP contribution < -0.4 is 4.74 Å². The molecular weight excluding hydrogens is 354 g/mol. The van der Waals surface area contributed by atoms with E-state index in [-0.39, 0.29) is 5.97 Å². The van der Waals surface area contributed by atoms with Gasteiger partial charge in [-0.3, -0.25) is 14.5 Å². The maximum absolute atomic E-state index is 11.4. The summed E-state index contributed by atoms with van der Waals surface area (Å²) in [6.45, 7) is 4.28. The number of nitrogens with zero attached hydrogens (tertiary/aromatic N) is 3. The van der Waals surface area contributed by atoms with Crippen LogP contribution in [0.1, 0.15) is 24.7 Å². The molecule has 0 fully saturated rings. The van der Waals surface area contributed by atoms with Gasteiger partial charge >= 0.3 is 5.97 Å². The lowest BCUT2D eigenvalue weighted by Gasteiger charge is -2.07. The van der Waals surface area contributed by atoms with Crippen molar-refractivity contribution in [1.29, 1.82) is 0 Å². The molecule has 6 heteroatoms. The van der Waals surface area contributed by atoms with Crippen molar-refractivity contribution in [3.05, 3.63) is 54.0 Å². The number of furan rings is 1. The Morgan fingerprint density at radius 3 is 2.96 bits per heavy atom. The van der Waals surface area contributed by atoms with Gasteiger partial charge in [0.2, 0.25) is 0 Å². The van der Waals surface area contributed by atoms with Crippen molar-refractivity contribution < 1.29 is 13.9 Å². The van der Waals surface area contributed by atoms with Gasteiger partial charge in [0, 0.05) is 30.4 Å². The van der Waals surface area contributed by atoms with Crippen LogP contribution in [-0.2, 0) is 17.8 Å². The lowest BCUT2D eigenvalue weighted by molar-refractivity contribution is -0.131. The molecule has 1 aromatic carbocycles. The van der Waals surface area contributed by atoms with Crippen molar-refractivity contribution in [1.82, 2.24) is 14.8 Å². The first-order chi connectivity index (χ1) is 13.6. The summed E-state index contributed by atoms with van der Waals surface area (Å²) in [5.74, 6) is 0.0626. The molecule has 0 amide bonds. The van der Waals surface area contributed by atoms with E-state index in [9.17, 15) is 4.79 Å². The zero-order valence-corrected chi connectivity index (χ0v) is 15.7. The first-order valence-electron chi connectivity index (χ1n) is 9.34. The molecule has 0 unspecified atom stereocenters. The Labute approximate surface area is 161 Å². The van der Waals surface area contributed by atoms with Crippen LogP contribution in [-0.4, -0.2) is 20.7 Å². The monoisotopic (exact) mass is 373 g/mol. The third-order valence-corrected chi connectivity index (χ3v) is 5.05. The molecule has 28 heavy (non-hydrogen) atoms. The summed E-state index contributed by atoms with van der Waals surface area (Å²) in [6.07, 6.45) is 3.54. The second-order valence-corrected chi connectivity index (χ2v) is 7.07. The molecule has 0 saturated heterocycles. The van der Waals surface area contributed by atoms with Gasteiger partial charge in [0.15, 0.2) is 5.75 Å². The number of carbonyl (C=O) groups is 1. The van der Waals surface area contributed by atoms with Crippen LogP contribution in [0.5, 0.6) is 5.75 Å². The summed E-state index contributed by atoms with van der Waals surface area (Å²) < 4.78 is 12.9. The van der Waals surface area contributed by atoms with E-state index in [1.165, 1.54) is 18.9 Å². The minimum absolute atomic E-state index is 0.371. The SMILES string of the molecule is CC(=O)Oc1coc2ccc(-c3c(-c4cccc(C)n4)nn4c3CCC4)cc12. The van der Waals surface area contributed by atoms with Gasteiger partial charge in [0.25, 0.3) is 0 Å².